The van der Waals surface area contributed by atoms with E-state index in [9.17, 15) is 0 Å². The molecule has 4 nitrogen and oxygen atoms in total. The molecule has 2 aliphatic carbocycles. The van der Waals surface area contributed by atoms with Gasteiger partial charge in [0.2, 0.25) is 12.6 Å². The fraction of sp³-hybridized carbons (Fsp3) is 0.236. The predicted molar refractivity (Wildman–Crippen MR) is 253 cm³/mol. The molecule has 0 spiro atoms. The van der Waals surface area contributed by atoms with Crippen molar-refractivity contribution in [2.75, 3.05) is 0 Å². The summed E-state index contributed by atoms with van der Waals surface area (Å²) in [6, 6.07) is 52.9. The van der Waals surface area contributed by atoms with E-state index in [-0.39, 0.29) is 17.8 Å². The van der Waals surface area contributed by atoms with Crippen LogP contribution in [0.3, 0.4) is 0 Å². The molecule has 2 saturated carbocycles. The minimum Gasteiger partial charge on any atom is -0.451 e. The van der Waals surface area contributed by atoms with Gasteiger partial charge in [0, 0.05) is 23.0 Å². The Kier molecular flexibility index (Phi) is 10.4. The van der Waals surface area contributed by atoms with Gasteiger partial charge in [-0.1, -0.05) is 152 Å². The number of benzene rings is 6. The van der Waals surface area contributed by atoms with Gasteiger partial charge in [-0.25, -0.2) is 0 Å². The Labute approximate surface area is 362 Å². The van der Waals surface area contributed by atoms with Crippen LogP contribution in [0.1, 0.15) is 32.6 Å². The van der Waals surface area contributed by atoms with Gasteiger partial charge >= 0.3 is 0 Å². The van der Waals surface area contributed by atoms with Crippen LogP contribution in [0.15, 0.2) is 183 Å². The van der Waals surface area contributed by atoms with Crippen LogP contribution < -0.4 is 50.8 Å². The van der Waals surface area contributed by atoms with Crippen molar-refractivity contribution in [1.29, 1.82) is 0 Å². The van der Waals surface area contributed by atoms with E-state index in [4.69, 9.17) is 18.9 Å². The van der Waals surface area contributed by atoms with Gasteiger partial charge in [0.1, 0.15) is 0 Å². The second kappa shape index (κ2) is 16.5. The van der Waals surface area contributed by atoms with Crippen molar-refractivity contribution in [3.8, 4) is 34.1 Å². The number of rotatable bonds is 8. The molecule has 304 valence electrons. The summed E-state index contributed by atoms with van der Waals surface area (Å²) < 4.78 is 28.9. The van der Waals surface area contributed by atoms with Crippen molar-refractivity contribution in [3.63, 3.8) is 0 Å². The van der Waals surface area contributed by atoms with Gasteiger partial charge in [0.15, 0.2) is 23.0 Å². The number of allylic oxidation sites excluding steroid dienone is 5. The lowest BCUT2D eigenvalue weighted by Gasteiger charge is -2.28. The summed E-state index contributed by atoms with van der Waals surface area (Å²) >= 11 is 0. The number of ether oxygens (including phenoxy) is 4. The van der Waals surface area contributed by atoms with Crippen molar-refractivity contribution in [2.45, 2.75) is 45.2 Å². The van der Waals surface area contributed by atoms with E-state index in [1.807, 2.05) is 0 Å². The van der Waals surface area contributed by atoms with Gasteiger partial charge < -0.3 is 18.9 Å². The van der Waals surface area contributed by atoms with Crippen LogP contribution in [0, 0.1) is 35.5 Å². The van der Waals surface area contributed by atoms with Gasteiger partial charge in [-0.05, 0) is 128 Å². The van der Waals surface area contributed by atoms with E-state index >= 15 is 0 Å². The molecule has 6 aromatic carbocycles. The summed E-state index contributed by atoms with van der Waals surface area (Å²) in [6.45, 7) is 6.49. The first-order valence-electron chi connectivity index (χ1n) is 21.9. The summed E-state index contributed by atoms with van der Waals surface area (Å²) in [6.07, 6.45) is 15.0. The highest BCUT2D eigenvalue weighted by Gasteiger charge is 2.47. The van der Waals surface area contributed by atoms with Crippen LogP contribution in [-0.4, -0.2) is 12.6 Å². The molecule has 61 heavy (non-hydrogen) atoms. The molecular formula is C55H50O4P2. The highest BCUT2D eigenvalue weighted by Crippen LogP contribution is 2.57. The third kappa shape index (κ3) is 7.03. The van der Waals surface area contributed by atoms with Crippen LogP contribution in [0.2, 0.25) is 0 Å². The normalized spacial score (nSPS) is 26.1. The lowest BCUT2D eigenvalue weighted by atomic mass is 9.95. The molecule has 2 fully saturated rings. The highest BCUT2D eigenvalue weighted by molar-refractivity contribution is 7.80. The third-order valence-corrected chi connectivity index (χ3v) is 18.4. The second-order valence-corrected chi connectivity index (χ2v) is 21.4. The first kappa shape index (κ1) is 38.5. The van der Waals surface area contributed by atoms with Gasteiger partial charge in [-0.15, -0.1) is 6.58 Å². The Morgan fingerprint density at radius 1 is 0.475 bits per heavy atom. The van der Waals surface area contributed by atoms with Gasteiger partial charge in [-0.2, -0.15) is 0 Å². The Morgan fingerprint density at radius 3 is 1.26 bits per heavy atom. The molecule has 3 aliphatic heterocycles. The molecule has 0 amide bonds. The summed E-state index contributed by atoms with van der Waals surface area (Å²) in [5.41, 5.74) is 2.09. The van der Waals surface area contributed by atoms with E-state index in [1.54, 1.807) is 0 Å². The Hall–Kier alpha value is -5.40. The van der Waals surface area contributed by atoms with Gasteiger partial charge in [0.25, 0.3) is 0 Å². The van der Waals surface area contributed by atoms with E-state index in [0.717, 1.165) is 59.8 Å². The SMILES string of the molecule is C=C[C@@H]1CC2/C=C\[C@@H]3CC(/C=C/C)C(C3)C3Oc4ccc(P(c5ccccc5)c5ccccc5)c(c4O3)-c3c(P(c4ccccc4)c4ccccc4)ccc4c3OC(O4)C1C2. The lowest BCUT2D eigenvalue weighted by molar-refractivity contribution is -0.0132. The fourth-order valence-corrected chi connectivity index (χ4v) is 15.6. The number of hydrogen-bond acceptors (Lipinski definition) is 4. The maximum absolute atomic E-state index is 7.43. The van der Waals surface area contributed by atoms with Crippen molar-refractivity contribution in [2.24, 2.45) is 35.5 Å². The minimum absolute atomic E-state index is 0.163. The third-order valence-electron chi connectivity index (χ3n) is 13.4. The smallest absolute Gasteiger partial charge is 0.244 e. The van der Waals surface area contributed by atoms with Crippen LogP contribution >= 0.6 is 15.8 Å². The largest absolute Gasteiger partial charge is 0.451 e. The van der Waals surface area contributed by atoms with E-state index < -0.39 is 28.4 Å². The molecule has 6 aromatic rings. The predicted octanol–water partition coefficient (Wildman–Crippen LogP) is 10.7. The molecule has 0 aromatic heterocycles. The van der Waals surface area contributed by atoms with E-state index in [0.29, 0.717) is 17.8 Å². The molecule has 11 rings (SSSR count). The molecule has 6 heteroatoms. The number of fused-ring (bicyclic) bond motifs is 9. The van der Waals surface area contributed by atoms with E-state index in [1.165, 1.54) is 31.8 Å². The summed E-state index contributed by atoms with van der Waals surface area (Å²) in [5, 5.41) is 7.48. The molecular weight excluding hydrogens is 787 g/mol. The van der Waals surface area contributed by atoms with Gasteiger partial charge in [0.05, 0.1) is 0 Å². The molecule has 0 saturated heterocycles. The highest BCUT2D eigenvalue weighted by atomic mass is 31.1. The standard InChI is InChI=1S/C55H50O4P2/c1-3-17-39-33-37-27-26-36-32-38(4-2)44(34-36)54-56-46-28-30-48(60(40-18-9-5-10-19-40)41-20-11-6-12-21-41)50(52(46)58-54)51-49(31-29-47-53(51)59-55(57-47)45(39)35-37)61(42-22-13-7-14-23-42)43-24-15-8-16-25-43/h3-31,36-39,44-45,54-55H,2,32-35H2,1H3/b17-3+,27-26-/t36?,37-,38-,39?,44?,45?,54?,55?/m1/s1. The average Bonchev–Trinajstić information content (AvgIpc) is 4.12. The summed E-state index contributed by atoms with van der Waals surface area (Å²) in [5.74, 6) is 5.03. The summed E-state index contributed by atoms with van der Waals surface area (Å²) in [4.78, 5) is 0. The van der Waals surface area contributed by atoms with Crippen molar-refractivity contribution in [3.05, 3.63) is 183 Å². The lowest BCUT2D eigenvalue weighted by Crippen LogP contribution is -2.31. The maximum atomic E-state index is 7.43. The van der Waals surface area contributed by atoms with Crippen LogP contribution in [0.25, 0.3) is 11.1 Å². The fourth-order valence-electron chi connectivity index (χ4n) is 10.7. The average molecular weight is 837 g/mol. The molecule has 0 radical (unpaired) electrons. The quantitative estimate of drug-likeness (QED) is 0.113. The number of hydrogen-bond donors (Lipinski definition) is 0. The Balaban J connectivity index is 1.22. The zero-order valence-corrected chi connectivity index (χ0v) is 36.2. The first-order valence-corrected chi connectivity index (χ1v) is 24.6. The van der Waals surface area contributed by atoms with Crippen LogP contribution in [-0.2, 0) is 0 Å². The molecule has 8 bridgehead atoms. The monoisotopic (exact) mass is 836 g/mol. The zero-order chi connectivity index (χ0) is 40.9. The van der Waals surface area contributed by atoms with Crippen molar-refractivity contribution in [1.82, 2.24) is 0 Å². The Bertz CT molecular complexity index is 2510. The minimum atomic E-state index is -1.08. The second-order valence-electron chi connectivity index (χ2n) is 17.1. The maximum Gasteiger partial charge on any atom is 0.244 e. The Morgan fingerprint density at radius 2 is 0.869 bits per heavy atom. The van der Waals surface area contributed by atoms with Crippen molar-refractivity contribution < 1.29 is 18.9 Å². The zero-order valence-electron chi connectivity index (χ0n) is 34.4. The molecule has 3 heterocycles. The molecule has 0 N–H and O–H groups in total. The van der Waals surface area contributed by atoms with E-state index in [2.05, 4.69) is 189 Å². The topological polar surface area (TPSA) is 36.9 Å². The molecule has 5 aliphatic rings. The van der Waals surface area contributed by atoms with Crippen LogP contribution in [0.5, 0.6) is 23.0 Å². The molecule has 8 atom stereocenters. The first-order chi connectivity index (χ1) is 30.1. The van der Waals surface area contributed by atoms with Gasteiger partial charge in [-0.3, -0.25) is 0 Å². The van der Waals surface area contributed by atoms with Crippen LogP contribution in [0.4, 0.5) is 0 Å². The molecule has 6 unspecified atom stereocenters. The van der Waals surface area contributed by atoms with Crippen molar-refractivity contribution >= 4 is 47.7 Å². The summed E-state index contributed by atoms with van der Waals surface area (Å²) in [7, 11) is -2.15.